The van der Waals surface area contributed by atoms with Gasteiger partial charge >= 0.3 is 11.9 Å². The van der Waals surface area contributed by atoms with Crippen LogP contribution in [0.4, 0.5) is 0 Å². The Balaban J connectivity index is 1.73. The Morgan fingerprint density at radius 1 is 1.18 bits per heavy atom. The Hall–Kier alpha value is -3.13. The zero-order chi connectivity index (χ0) is 23.5. The van der Waals surface area contributed by atoms with E-state index < -0.39 is 17.9 Å². The van der Waals surface area contributed by atoms with Crippen molar-refractivity contribution in [2.75, 3.05) is 20.3 Å². The quantitative estimate of drug-likeness (QED) is 0.515. The van der Waals surface area contributed by atoms with Crippen LogP contribution in [0.15, 0.2) is 40.7 Å². The number of esters is 2. The smallest absolute Gasteiger partial charge is 0.336 e. The minimum atomic E-state index is -0.605. The van der Waals surface area contributed by atoms with Crippen molar-refractivity contribution in [3.63, 3.8) is 0 Å². The fourth-order valence-electron chi connectivity index (χ4n) is 4.71. The van der Waals surface area contributed by atoms with E-state index in [1.54, 1.807) is 18.2 Å². The van der Waals surface area contributed by atoms with Crippen LogP contribution >= 0.6 is 0 Å². The van der Waals surface area contributed by atoms with Gasteiger partial charge in [0.05, 0.1) is 18.8 Å². The lowest BCUT2D eigenvalue weighted by molar-refractivity contribution is -0.142. The lowest BCUT2D eigenvalue weighted by Gasteiger charge is -2.34. The molecule has 2 aliphatic heterocycles. The Morgan fingerprint density at radius 2 is 2.00 bits per heavy atom. The molecule has 33 heavy (non-hydrogen) atoms. The van der Waals surface area contributed by atoms with E-state index in [0.717, 1.165) is 31.4 Å². The zero-order valence-corrected chi connectivity index (χ0v) is 19.2. The van der Waals surface area contributed by atoms with Gasteiger partial charge in [-0.1, -0.05) is 6.07 Å². The van der Waals surface area contributed by atoms with Crippen molar-refractivity contribution < 1.29 is 33.3 Å². The second-order valence-corrected chi connectivity index (χ2v) is 8.50. The molecule has 3 aliphatic rings. The van der Waals surface area contributed by atoms with Crippen LogP contribution in [0.5, 0.6) is 11.5 Å². The van der Waals surface area contributed by atoms with Crippen molar-refractivity contribution in [2.45, 2.75) is 58.0 Å². The Labute approximate surface area is 192 Å². The number of Topliss-reactive ketones (excluding diaryl/α,β-unsaturated/α-hetero) is 1. The molecule has 0 bridgehead atoms. The molecule has 176 valence electrons. The molecular weight excluding hydrogens is 426 g/mol. The van der Waals surface area contributed by atoms with E-state index in [4.69, 9.17) is 18.9 Å². The topological polar surface area (TPSA) is 100 Å². The maximum Gasteiger partial charge on any atom is 0.336 e. The van der Waals surface area contributed by atoms with E-state index in [-0.39, 0.29) is 24.2 Å². The van der Waals surface area contributed by atoms with E-state index in [9.17, 15) is 14.4 Å². The highest BCUT2D eigenvalue weighted by molar-refractivity contribution is 6.03. The van der Waals surface area contributed by atoms with Gasteiger partial charge in [-0.2, -0.15) is 0 Å². The number of nitrogens with one attached hydrogen (secondary N) is 1. The summed E-state index contributed by atoms with van der Waals surface area (Å²) >= 11 is 0. The van der Waals surface area contributed by atoms with Gasteiger partial charge in [0, 0.05) is 42.8 Å². The van der Waals surface area contributed by atoms with Gasteiger partial charge in [0.15, 0.2) is 17.3 Å². The van der Waals surface area contributed by atoms with E-state index >= 15 is 0 Å². The third-order valence-corrected chi connectivity index (χ3v) is 6.19. The zero-order valence-electron chi connectivity index (χ0n) is 19.2. The Kier molecular flexibility index (Phi) is 6.83. The number of carbonyl (C=O) groups excluding carboxylic acids is 3. The summed E-state index contributed by atoms with van der Waals surface area (Å²) in [6.45, 7) is 3.99. The molecule has 8 heteroatoms. The van der Waals surface area contributed by atoms with Crippen LogP contribution in [0.2, 0.25) is 0 Å². The molecule has 0 spiro atoms. The summed E-state index contributed by atoms with van der Waals surface area (Å²) in [6, 6.07) is 5.08. The van der Waals surface area contributed by atoms with Crippen LogP contribution in [0.1, 0.15) is 57.4 Å². The summed E-state index contributed by atoms with van der Waals surface area (Å²) in [6.07, 6.45) is 3.63. The third-order valence-electron chi connectivity index (χ3n) is 6.19. The van der Waals surface area contributed by atoms with Gasteiger partial charge in [0.1, 0.15) is 6.61 Å². The second-order valence-electron chi connectivity index (χ2n) is 8.50. The number of hydrogen-bond acceptors (Lipinski definition) is 8. The first-order valence-electron chi connectivity index (χ1n) is 11.3. The Morgan fingerprint density at radius 3 is 2.70 bits per heavy atom. The molecule has 2 heterocycles. The van der Waals surface area contributed by atoms with Crippen LogP contribution in [0, 0.1) is 0 Å². The molecule has 8 nitrogen and oxygen atoms in total. The van der Waals surface area contributed by atoms with Crippen molar-refractivity contribution in [3.8, 4) is 11.5 Å². The summed E-state index contributed by atoms with van der Waals surface area (Å²) in [5, 5.41) is 3.28. The van der Waals surface area contributed by atoms with Gasteiger partial charge in [0.2, 0.25) is 0 Å². The summed E-state index contributed by atoms with van der Waals surface area (Å²) in [5.41, 5.74) is 3.17. The molecule has 1 aliphatic carbocycles. The average Bonchev–Trinajstić information content (AvgIpc) is 3.30. The van der Waals surface area contributed by atoms with Crippen LogP contribution in [-0.2, 0) is 23.9 Å². The largest absolute Gasteiger partial charge is 0.493 e. The highest BCUT2D eigenvalue weighted by Crippen LogP contribution is 2.44. The van der Waals surface area contributed by atoms with Crippen molar-refractivity contribution in [3.05, 3.63) is 46.3 Å². The van der Waals surface area contributed by atoms with Gasteiger partial charge in [-0.15, -0.1) is 0 Å². The maximum absolute atomic E-state index is 13.3. The molecule has 1 saturated heterocycles. The molecule has 0 amide bonds. The molecule has 0 aromatic heterocycles. The molecule has 1 fully saturated rings. The normalized spacial score (nSPS) is 22.6. The molecule has 0 saturated carbocycles. The van der Waals surface area contributed by atoms with Crippen LogP contribution in [-0.4, -0.2) is 44.1 Å². The van der Waals surface area contributed by atoms with Crippen molar-refractivity contribution >= 4 is 17.7 Å². The fourth-order valence-corrected chi connectivity index (χ4v) is 4.71. The number of carbonyl (C=O) groups is 3. The van der Waals surface area contributed by atoms with Crippen molar-refractivity contribution in [1.29, 1.82) is 0 Å². The van der Waals surface area contributed by atoms with Crippen LogP contribution < -0.4 is 14.8 Å². The first-order valence-corrected chi connectivity index (χ1v) is 11.3. The third kappa shape index (κ3) is 4.80. The highest BCUT2D eigenvalue weighted by atomic mass is 16.6. The van der Waals surface area contributed by atoms with Crippen molar-refractivity contribution in [1.82, 2.24) is 5.32 Å². The Bertz CT molecular complexity index is 1030. The lowest BCUT2D eigenvalue weighted by Crippen LogP contribution is -2.35. The number of benzene rings is 1. The van der Waals surface area contributed by atoms with Crippen LogP contribution in [0.25, 0.3) is 0 Å². The van der Waals surface area contributed by atoms with Gasteiger partial charge in [-0.05, 0) is 50.3 Å². The van der Waals surface area contributed by atoms with Gasteiger partial charge in [0.25, 0.3) is 0 Å². The summed E-state index contributed by atoms with van der Waals surface area (Å²) in [5.74, 6) is -0.926. The number of dihydropyridines is 1. The molecule has 1 N–H and O–H groups in total. The summed E-state index contributed by atoms with van der Waals surface area (Å²) < 4.78 is 21.9. The predicted molar refractivity (Wildman–Crippen MR) is 119 cm³/mol. The van der Waals surface area contributed by atoms with Crippen LogP contribution in [0.3, 0.4) is 0 Å². The number of hydrogen-bond donors (Lipinski definition) is 1. The van der Waals surface area contributed by atoms with Gasteiger partial charge in [-0.25, -0.2) is 4.79 Å². The lowest BCUT2D eigenvalue weighted by atomic mass is 9.75. The van der Waals surface area contributed by atoms with Gasteiger partial charge in [-0.3, -0.25) is 9.59 Å². The van der Waals surface area contributed by atoms with E-state index in [1.807, 2.05) is 6.92 Å². The summed E-state index contributed by atoms with van der Waals surface area (Å²) in [7, 11) is 1.48. The fraction of sp³-hybridized carbons (Fsp3) is 0.480. The number of ether oxygens (including phenoxy) is 4. The maximum atomic E-state index is 13.3. The number of methoxy groups -OCH3 is 1. The van der Waals surface area contributed by atoms with Crippen molar-refractivity contribution in [2.24, 2.45) is 0 Å². The average molecular weight is 456 g/mol. The van der Waals surface area contributed by atoms with E-state index in [0.29, 0.717) is 41.2 Å². The molecule has 0 unspecified atom stereocenters. The molecular formula is C25H29NO7. The van der Waals surface area contributed by atoms with Gasteiger partial charge < -0.3 is 24.3 Å². The first-order chi connectivity index (χ1) is 15.9. The minimum Gasteiger partial charge on any atom is -0.493 e. The molecule has 4 rings (SSSR count). The molecule has 0 radical (unpaired) electrons. The first kappa shape index (κ1) is 23.0. The van der Waals surface area contributed by atoms with E-state index in [2.05, 4.69) is 5.32 Å². The number of allylic oxidation sites excluding steroid dienone is 3. The van der Waals surface area contributed by atoms with E-state index in [1.165, 1.54) is 14.0 Å². The molecule has 1 aromatic rings. The number of ketones is 1. The number of rotatable bonds is 6. The standard InChI is InChI=1S/C25H29NO7/c1-14-22(25(29)32-13-17-6-5-11-31-17)23(24-18(26-14)7-4-8-19(24)28)16-9-10-20(33-15(2)27)21(12-16)30-3/h9-10,12,17,23,26H,4-8,11,13H2,1-3H3/t17-,23+/m1/s1. The minimum absolute atomic E-state index is 0.00806. The SMILES string of the molecule is COc1cc([C@H]2C(C(=O)OC[C@H]3CCCO3)=C(C)NC3=C2C(=O)CCC3)ccc1OC(C)=O. The highest BCUT2D eigenvalue weighted by Gasteiger charge is 2.39. The molecule has 1 aromatic carbocycles. The predicted octanol–water partition coefficient (Wildman–Crippen LogP) is 3.31. The molecule has 2 atom stereocenters. The second kappa shape index (κ2) is 9.79. The monoisotopic (exact) mass is 455 g/mol. The summed E-state index contributed by atoms with van der Waals surface area (Å²) in [4.78, 5) is 37.8.